The average Bonchev–Trinajstić information content (AvgIpc) is 3.48. The Bertz CT molecular complexity index is 928. The normalized spacial score (nSPS) is 45.1. The van der Waals surface area contributed by atoms with Crippen LogP contribution in [0.15, 0.2) is 35.6 Å². The lowest BCUT2D eigenvalue weighted by atomic mass is 9.53. The quantitative estimate of drug-likeness (QED) is 0.237. The van der Waals surface area contributed by atoms with E-state index in [0.29, 0.717) is 31.5 Å². The maximum atomic E-state index is 9.90. The van der Waals surface area contributed by atoms with Gasteiger partial charge in [-0.1, -0.05) is 24.6 Å². The number of methoxy groups -OCH3 is 1. The molecule has 0 radical (unpaired) electrons. The van der Waals surface area contributed by atoms with Crippen molar-refractivity contribution in [1.82, 2.24) is 0 Å². The summed E-state index contributed by atoms with van der Waals surface area (Å²) in [5, 5.41) is 9.90. The van der Waals surface area contributed by atoms with Gasteiger partial charge >= 0.3 is 0 Å². The number of allylic oxidation sites excluding steroid dienone is 2. The van der Waals surface area contributed by atoms with Crippen LogP contribution in [0.1, 0.15) is 58.8 Å². The van der Waals surface area contributed by atoms with Gasteiger partial charge in [-0.25, -0.2) is 9.78 Å². The first-order valence-corrected chi connectivity index (χ1v) is 13.3. The molecule has 7 heteroatoms. The molecular formula is C28H40O7. The molecule has 194 valence electrons. The first kappa shape index (κ1) is 24.1. The second-order valence-electron chi connectivity index (χ2n) is 11.8. The van der Waals surface area contributed by atoms with E-state index in [-0.39, 0.29) is 29.1 Å². The van der Waals surface area contributed by atoms with Crippen molar-refractivity contribution < 1.29 is 33.8 Å². The van der Waals surface area contributed by atoms with E-state index in [0.717, 1.165) is 38.7 Å². The predicted molar refractivity (Wildman–Crippen MR) is 128 cm³/mol. The third kappa shape index (κ3) is 3.53. The third-order valence-corrected chi connectivity index (χ3v) is 10.1. The van der Waals surface area contributed by atoms with Gasteiger partial charge in [0, 0.05) is 13.5 Å². The van der Waals surface area contributed by atoms with Crippen LogP contribution in [0.2, 0.25) is 0 Å². The molecule has 7 nitrogen and oxygen atoms in total. The molecule has 3 saturated heterocycles. The van der Waals surface area contributed by atoms with Gasteiger partial charge in [-0.15, -0.1) is 6.58 Å². The first-order chi connectivity index (χ1) is 16.8. The van der Waals surface area contributed by atoms with Crippen molar-refractivity contribution in [3.63, 3.8) is 0 Å². The van der Waals surface area contributed by atoms with Crippen LogP contribution in [0.3, 0.4) is 0 Å². The largest absolute Gasteiger partial charge is 0.491 e. The van der Waals surface area contributed by atoms with Gasteiger partial charge in [-0.2, -0.15) is 0 Å². The minimum absolute atomic E-state index is 0.0108. The molecule has 1 spiro atoms. The van der Waals surface area contributed by atoms with E-state index in [9.17, 15) is 5.11 Å². The fraction of sp³-hybridized carbons (Fsp3) is 0.786. The molecular weight excluding hydrogens is 448 g/mol. The summed E-state index contributed by atoms with van der Waals surface area (Å²) in [6.07, 6.45) is 9.87. The fourth-order valence-corrected chi connectivity index (χ4v) is 8.23. The molecule has 6 rings (SSSR count). The Kier molecular flexibility index (Phi) is 5.98. The molecule has 1 N–H and O–H groups in total. The molecule has 0 unspecified atom stereocenters. The van der Waals surface area contributed by atoms with Crippen LogP contribution < -0.4 is 0 Å². The van der Waals surface area contributed by atoms with Crippen LogP contribution in [0.4, 0.5) is 0 Å². The highest BCUT2D eigenvalue weighted by Crippen LogP contribution is 2.68. The molecule has 0 aromatic heterocycles. The van der Waals surface area contributed by atoms with E-state index in [1.165, 1.54) is 29.4 Å². The maximum absolute atomic E-state index is 9.90. The summed E-state index contributed by atoms with van der Waals surface area (Å²) in [5.74, 6) is 1.62. The van der Waals surface area contributed by atoms with Gasteiger partial charge < -0.3 is 24.1 Å². The highest BCUT2D eigenvalue weighted by Gasteiger charge is 2.72. The Morgan fingerprint density at radius 1 is 1.26 bits per heavy atom. The standard InChI is InChI=1S/C28H40O7/c1-5-21(29)22(30-4)10-13-33-35-18-8-11-26(2)17(14-18)6-7-19-20(26)9-12-28-16-32-27(3)24(28)23(15-31-27)34-25(19)28/h5-6,18,20-24,29H,1,7-16H2,2-4H3/t18-,20-,21+,22+,23+,24+,26-,27+,28-/m0/s1. The molecule has 1 saturated carbocycles. The molecule has 3 heterocycles. The summed E-state index contributed by atoms with van der Waals surface area (Å²) >= 11 is 0. The Hall–Kier alpha value is -1.22. The topological polar surface area (TPSA) is 75.6 Å². The van der Waals surface area contributed by atoms with Crippen LogP contribution >= 0.6 is 0 Å². The van der Waals surface area contributed by atoms with Crippen molar-refractivity contribution in [2.24, 2.45) is 22.7 Å². The number of aliphatic hydroxyl groups is 1. The second-order valence-corrected chi connectivity index (χ2v) is 11.8. The van der Waals surface area contributed by atoms with Crippen molar-refractivity contribution in [3.8, 4) is 0 Å². The van der Waals surface area contributed by atoms with Crippen LogP contribution in [-0.4, -0.2) is 62.2 Å². The summed E-state index contributed by atoms with van der Waals surface area (Å²) in [6.45, 7) is 9.92. The number of aliphatic hydroxyl groups excluding tert-OH is 1. The van der Waals surface area contributed by atoms with Gasteiger partial charge in [0.05, 0.1) is 49.5 Å². The van der Waals surface area contributed by atoms with E-state index < -0.39 is 11.9 Å². The predicted octanol–water partition coefficient (Wildman–Crippen LogP) is 4.22. The Morgan fingerprint density at radius 3 is 2.91 bits per heavy atom. The highest BCUT2D eigenvalue weighted by atomic mass is 17.2. The number of ether oxygens (including phenoxy) is 4. The van der Waals surface area contributed by atoms with E-state index in [1.54, 1.807) is 7.11 Å². The molecule has 0 amide bonds. The van der Waals surface area contributed by atoms with E-state index in [1.807, 2.05) is 0 Å². The average molecular weight is 489 g/mol. The minimum atomic E-state index is -0.704. The van der Waals surface area contributed by atoms with Gasteiger partial charge in [-0.3, -0.25) is 0 Å². The summed E-state index contributed by atoms with van der Waals surface area (Å²) in [6, 6.07) is 0. The molecule has 6 aliphatic rings. The van der Waals surface area contributed by atoms with E-state index >= 15 is 0 Å². The van der Waals surface area contributed by atoms with Crippen molar-refractivity contribution in [2.45, 2.75) is 89.0 Å². The van der Waals surface area contributed by atoms with Crippen molar-refractivity contribution >= 4 is 0 Å². The van der Waals surface area contributed by atoms with Crippen molar-refractivity contribution in [1.29, 1.82) is 0 Å². The van der Waals surface area contributed by atoms with E-state index in [4.69, 9.17) is 28.7 Å². The maximum Gasteiger partial charge on any atom is 0.173 e. The third-order valence-electron chi connectivity index (χ3n) is 10.1. The zero-order chi connectivity index (χ0) is 24.4. The SMILES string of the molecule is C=C[C@@H](O)[C@@H](CCOO[C@H]1CC[C@@]2(C)C(=CCC3=C4O[C@@H]5CO[C@]6(C)OC[C@@]4(CC[C@@H]32)[C@H]56)C1)OC. The minimum Gasteiger partial charge on any atom is -0.491 e. The zero-order valence-corrected chi connectivity index (χ0v) is 21.3. The molecule has 4 fully saturated rings. The summed E-state index contributed by atoms with van der Waals surface area (Å²) in [5.41, 5.74) is 3.19. The Morgan fingerprint density at radius 2 is 2.11 bits per heavy atom. The lowest BCUT2D eigenvalue weighted by molar-refractivity contribution is -0.330. The van der Waals surface area contributed by atoms with E-state index in [2.05, 4.69) is 26.5 Å². The van der Waals surface area contributed by atoms with Crippen molar-refractivity contribution in [3.05, 3.63) is 35.6 Å². The molecule has 35 heavy (non-hydrogen) atoms. The first-order valence-electron chi connectivity index (χ1n) is 13.3. The summed E-state index contributed by atoms with van der Waals surface area (Å²) < 4.78 is 24.3. The molecule has 3 aliphatic heterocycles. The van der Waals surface area contributed by atoms with Gasteiger partial charge in [0.2, 0.25) is 0 Å². The van der Waals surface area contributed by atoms with Crippen molar-refractivity contribution in [2.75, 3.05) is 26.9 Å². The van der Waals surface area contributed by atoms with Crippen LogP contribution in [0.5, 0.6) is 0 Å². The molecule has 9 atom stereocenters. The van der Waals surface area contributed by atoms with Crippen LogP contribution in [0, 0.1) is 22.7 Å². The highest BCUT2D eigenvalue weighted by molar-refractivity contribution is 5.40. The van der Waals surface area contributed by atoms with Crippen LogP contribution in [-0.2, 0) is 28.7 Å². The number of hydrogen-bond donors (Lipinski definition) is 1. The fourth-order valence-electron chi connectivity index (χ4n) is 8.23. The van der Waals surface area contributed by atoms with Gasteiger partial charge in [0.25, 0.3) is 0 Å². The lowest BCUT2D eigenvalue weighted by Crippen LogP contribution is -2.45. The monoisotopic (exact) mass is 488 g/mol. The number of hydrogen-bond acceptors (Lipinski definition) is 7. The molecule has 3 aliphatic carbocycles. The van der Waals surface area contributed by atoms with Gasteiger partial charge in [-0.05, 0) is 62.4 Å². The zero-order valence-electron chi connectivity index (χ0n) is 21.3. The van der Waals surface area contributed by atoms with Gasteiger partial charge in [0.1, 0.15) is 11.9 Å². The van der Waals surface area contributed by atoms with Crippen LogP contribution in [0.25, 0.3) is 0 Å². The summed E-state index contributed by atoms with van der Waals surface area (Å²) in [7, 11) is 1.58. The number of rotatable bonds is 8. The Labute approximate surface area is 208 Å². The van der Waals surface area contributed by atoms with Gasteiger partial charge in [0.15, 0.2) is 5.79 Å². The Balaban J connectivity index is 1.13. The molecule has 0 aromatic rings. The second kappa shape index (κ2) is 8.67. The smallest absolute Gasteiger partial charge is 0.173 e. The summed E-state index contributed by atoms with van der Waals surface area (Å²) in [4.78, 5) is 11.4. The molecule has 0 bridgehead atoms. The molecule has 0 aromatic carbocycles. The number of fused-ring (bicyclic) bond motifs is 3. The lowest BCUT2D eigenvalue weighted by Gasteiger charge is -2.51.